The Bertz CT molecular complexity index is 890. The van der Waals surface area contributed by atoms with Crippen LogP contribution in [0, 0.1) is 0 Å². The number of fused-ring (bicyclic) bond motifs is 1. The Balaban J connectivity index is 1.88. The van der Waals surface area contributed by atoms with Gasteiger partial charge in [-0.15, -0.1) is 22.7 Å². The molecule has 3 nitrogen and oxygen atoms in total. The fourth-order valence-electron chi connectivity index (χ4n) is 2.41. The molecule has 4 rings (SSSR count). The molecule has 3 aromatic heterocycles. The van der Waals surface area contributed by atoms with Crippen molar-refractivity contribution in [2.75, 3.05) is 0 Å². The highest BCUT2D eigenvalue weighted by Gasteiger charge is 2.11. The zero-order valence-corrected chi connectivity index (χ0v) is 12.7. The highest BCUT2D eigenvalue weighted by atomic mass is 32.1. The summed E-state index contributed by atoms with van der Waals surface area (Å²) in [5.74, 6) is 0. The predicted octanol–water partition coefficient (Wildman–Crippen LogP) is 4.51. The van der Waals surface area contributed by atoms with Gasteiger partial charge in [0.15, 0.2) is 0 Å². The molecule has 0 unspecified atom stereocenters. The molecule has 0 radical (unpaired) electrons. The number of nitrogens with zero attached hydrogens (tertiary/aromatic N) is 1. The molecule has 2 N–H and O–H groups in total. The number of thiophene rings is 1. The van der Waals surface area contributed by atoms with Crippen molar-refractivity contribution < 1.29 is 5.11 Å². The topological polar surface area (TPSA) is 48.9 Å². The highest BCUT2D eigenvalue weighted by molar-refractivity contribution is 7.15. The summed E-state index contributed by atoms with van der Waals surface area (Å²) < 4.78 is 0. The maximum Gasteiger partial charge on any atom is 0.139 e. The summed E-state index contributed by atoms with van der Waals surface area (Å²) in [6.07, 6.45) is 1.73. The first-order valence-corrected chi connectivity index (χ1v) is 8.26. The number of aliphatic hydroxyl groups is 1. The number of thiazole rings is 1. The molecule has 0 saturated carbocycles. The van der Waals surface area contributed by atoms with E-state index in [-0.39, 0.29) is 6.61 Å². The van der Waals surface area contributed by atoms with Crippen molar-refractivity contribution in [1.29, 1.82) is 0 Å². The molecule has 1 aromatic carbocycles. The second-order valence-corrected chi connectivity index (χ2v) is 6.78. The third-order valence-electron chi connectivity index (χ3n) is 3.38. The summed E-state index contributed by atoms with van der Waals surface area (Å²) in [5, 5.41) is 13.3. The number of aliphatic hydroxyl groups excluding tert-OH is 1. The van der Waals surface area contributed by atoms with E-state index in [0.29, 0.717) is 0 Å². The van der Waals surface area contributed by atoms with Crippen LogP contribution < -0.4 is 0 Å². The lowest BCUT2D eigenvalue weighted by Gasteiger charge is -1.99. The van der Waals surface area contributed by atoms with Crippen LogP contribution >= 0.6 is 22.7 Å². The van der Waals surface area contributed by atoms with E-state index < -0.39 is 0 Å². The Morgan fingerprint density at radius 2 is 2.14 bits per heavy atom. The quantitative estimate of drug-likeness (QED) is 0.584. The van der Waals surface area contributed by atoms with Gasteiger partial charge in [-0.25, -0.2) is 4.98 Å². The summed E-state index contributed by atoms with van der Waals surface area (Å²) in [4.78, 5) is 9.98. The van der Waals surface area contributed by atoms with Crippen molar-refractivity contribution >= 4 is 33.6 Å². The second-order valence-electron chi connectivity index (χ2n) is 4.72. The second kappa shape index (κ2) is 5.11. The molecule has 104 valence electrons. The van der Waals surface area contributed by atoms with Crippen LogP contribution in [0.15, 0.2) is 48.0 Å². The van der Waals surface area contributed by atoms with Gasteiger partial charge in [0, 0.05) is 22.0 Å². The molecule has 0 aliphatic carbocycles. The van der Waals surface area contributed by atoms with Crippen LogP contribution in [0.5, 0.6) is 0 Å². The van der Waals surface area contributed by atoms with E-state index in [1.165, 1.54) is 27.2 Å². The molecular weight excluding hydrogens is 300 g/mol. The standard InChI is InChI=1S/C16H12N2OS2/c19-9-11-8-17-16(21-11)13-7-10-3-1-4-12(15(10)18-13)14-5-2-6-20-14/h1-8,18-19H,9H2. The maximum atomic E-state index is 9.17. The lowest BCUT2D eigenvalue weighted by molar-refractivity contribution is 0.285. The third kappa shape index (κ3) is 2.19. The minimum absolute atomic E-state index is 0.0400. The maximum absolute atomic E-state index is 9.17. The lowest BCUT2D eigenvalue weighted by Crippen LogP contribution is -1.77. The van der Waals surface area contributed by atoms with E-state index >= 15 is 0 Å². The number of hydrogen-bond acceptors (Lipinski definition) is 4. The molecule has 21 heavy (non-hydrogen) atoms. The molecule has 0 fully saturated rings. The molecular formula is C16H12N2OS2. The van der Waals surface area contributed by atoms with Crippen molar-refractivity contribution in [3.05, 3.63) is 52.9 Å². The SMILES string of the molecule is OCc1cnc(-c2cc3cccc(-c4cccs4)c3[nH]2)s1. The number of hydrogen-bond donors (Lipinski definition) is 2. The largest absolute Gasteiger partial charge is 0.391 e. The van der Waals surface area contributed by atoms with Crippen molar-refractivity contribution in [2.45, 2.75) is 6.61 Å². The van der Waals surface area contributed by atoms with Crippen molar-refractivity contribution in [2.24, 2.45) is 0 Å². The van der Waals surface area contributed by atoms with Crippen molar-refractivity contribution in [1.82, 2.24) is 9.97 Å². The van der Waals surface area contributed by atoms with Crippen molar-refractivity contribution in [3.63, 3.8) is 0 Å². The Labute approximate surface area is 129 Å². The first kappa shape index (κ1) is 12.8. The average Bonchev–Trinajstić information content (AvgIpc) is 3.24. The zero-order chi connectivity index (χ0) is 14.2. The number of nitrogens with one attached hydrogen (secondary N) is 1. The van der Waals surface area contributed by atoms with Crippen LogP contribution in [0.25, 0.3) is 32.0 Å². The van der Waals surface area contributed by atoms with Gasteiger partial charge < -0.3 is 10.1 Å². The van der Waals surface area contributed by atoms with E-state index in [0.717, 1.165) is 21.1 Å². The molecule has 4 aromatic rings. The minimum atomic E-state index is 0.0400. The summed E-state index contributed by atoms with van der Waals surface area (Å²) in [5.41, 5.74) is 3.35. The average molecular weight is 312 g/mol. The molecule has 0 saturated heterocycles. The minimum Gasteiger partial charge on any atom is -0.391 e. The van der Waals surface area contributed by atoms with Crippen LogP contribution in [-0.2, 0) is 6.61 Å². The molecule has 0 aliphatic rings. The number of rotatable bonds is 3. The third-order valence-corrected chi connectivity index (χ3v) is 5.30. The van der Waals surface area contributed by atoms with Gasteiger partial charge in [-0.1, -0.05) is 24.3 Å². The first-order valence-electron chi connectivity index (χ1n) is 6.57. The number of benzene rings is 1. The molecule has 0 bridgehead atoms. The van der Waals surface area contributed by atoms with Gasteiger partial charge in [0.25, 0.3) is 0 Å². The monoisotopic (exact) mass is 312 g/mol. The molecule has 0 spiro atoms. The Morgan fingerprint density at radius 1 is 1.19 bits per heavy atom. The Morgan fingerprint density at radius 3 is 2.90 bits per heavy atom. The molecule has 0 aliphatic heterocycles. The van der Waals surface area contributed by atoms with Gasteiger partial charge in [0.1, 0.15) is 5.01 Å². The molecule has 3 heterocycles. The first-order chi connectivity index (χ1) is 10.3. The van der Waals surface area contributed by atoms with Crippen LogP contribution in [0.3, 0.4) is 0 Å². The highest BCUT2D eigenvalue weighted by Crippen LogP contribution is 2.34. The number of aromatic nitrogens is 2. The van der Waals surface area contributed by atoms with Gasteiger partial charge in [-0.05, 0) is 17.5 Å². The zero-order valence-electron chi connectivity index (χ0n) is 11.0. The van der Waals surface area contributed by atoms with Gasteiger partial charge >= 0.3 is 0 Å². The fraction of sp³-hybridized carbons (Fsp3) is 0.0625. The summed E-state index contributed by atoms with van der Waals surface area (Å²) in [7, 11) is 0. The molecule has 0 amide bonds. The fourth-order valence-corrected chi connectivity index (χ4v) is 3.92. The van der Waals surface area contributed by atoms with Crippen LogP contribution in [-0.4, -0.2) is 15.1 Å². The summed E-state index contributed by atoms with van der Waals surface area (Å²) in [6.45, 7) is 0.0400. The Hall–Kier alpha value is -1.95. The lowest BCUT2D eigenvalue weighted by atomic mass is 10.1. The molecule has 5 heteroatoms. The van der Waals surface area contributed by atoms with Gasteiger partial charge in [0.05, 0.1) is 22.7 Å². The number of aromatic amines is 1. The van der Waals surface area contributed by atoms with Gasteiger partial charge in [0.2, 0.25) is 0 Å². The normalized spacial score (nSPS) is 11.3. The van der Waals surface area contributed by atoms with Crippen molar-refractivity contribution in [3.8, 4) is 21.1 Å². The predicted molar refractivity (Wildman–Crippen MR) is 88.6 cm³/mol. The smallest absolute Gasteiger partial charge is 0.139 e. The van der Waals surface area contributed by atoms with Gasteiger partial charge in [-0.2, -0.15) is 0 Å². The van der Waals surface area contributed by atoms with Gasteiger partial charge in [-0.3, -0.25) is 0 Å². The van der Waals surface area contributed by atoms with Crippen LogP contribution in [0.1, 0.15) is 4.88 Å². The van der Waals surface area contributed by atoms with E-state index in [1.807, 2.05) is 0 Å². The Kier molecular flexibility index (Phi) is 3.11. The number of H-pyrrole nitrogens is 1. The van der Waals surface area contributed by atoms with E-state index in [1.54, 1.807) is 17.5 Å². The van der Waals surface area contributed by atoms with E-state index in [9.17, 15) is 0 Å². The summed E-state index contributed by atoms with van der Waals surface area (Å²) >= 11 is 3.25. The summed E-state index contributed by atoms with van der Waals surface area (Å²) in [6, 6.07) is 12.6. The van der Waals surface area contributed by atoms with Crippen LogP contribution in [0.2, 0.25) is 0 Å². The number of para-hydroxylation sites is 1. The van der Waals surface area contributed by atoms with E-state index in [2.05, 4.69) is 51.7 Å². The molecule has 0 atom stereocenters. The van der Waals surface area contributed by atoms with E-state index in [4.69, 9.17) is 5.11 Å². The van der Waals surface area contributed by atoms with Crippen LogP contribution in [0.4, 0.5) is 0 Å².